The number of aryl methyl sites for hydroxylation is 1. The standard InChI is InChI=1S/C18H28Br2/c1-2-3-4-5-6-7-8-9-10-11-12-16-13-17(19)15-18(20)14-16/h13-15H,2-12H2,1H3. The first kappa shape index (κ1) is 18.2. The van der Waals surface area contributed by atoms with Crippen LogP contribution < -0.4 is 0 Å². The molecule has 0 amide bonds. The van der Waals surface area contributed by atoms with Gasteiger partial charge in [0.15, 0.2) is 0 Å². The van der Waals surface area contributed by atoms with E-state index < -0.39 is 0 Å². The van der Waals surface area contributed by atoms with Crippen molar-refractivity contribution in [1.29, 1.82) is 0 Å². The van der Waals surface area contributed by atoms with Crippen molar-refractivity contribution in [1.82, 2.24) is 0 Å². The van der Waals surface area contributed by atoms with Crippen molar-refractivity contribution in [3.05, 3.63) is 32.7 Å². The third kappa shape index (κ3) is 9.18. The summed E-state index contributed by atoms with van der Waals surface area (Å²) in [6.45, 7) is 2.28. The van der Waals surface area contributed by atoms with Crippen molar-refractivity contribution in [2.75, 3.05) is 0 Å². The lowest BCUT2D eigenvalue weighted by molar-refractivity contribution is 0.556. The molecule has 1 aromatic rings. The summed E-state index contributed by atoms with van der Waals surface area (Å²) < 4.78 is 2.35. The molecule has 0 aromatic heterocycles. The highest BCUT2D eigenvalue weighted by Gasteiger charge is 1.98. The number of rotatable bonds is 11. The molecule has 0 saturated carbocycles. The predicted molar refractivity (Wildman–Crippen MR) is 97.4 cm³/mol. The van der Waals surface area contributed by atoms with E-state index in [1.54, 1.807) is 0 Å². The summed E-state index contributed by atoms with van der Waals surface area (Å²) in [5, 5.41) is 0. The summed E-state index contributed by atoms with van der Waals surface area (Å²) in [5.41, 5.74) is 1.44. The monoisotopic (exact) mass is 402 g/mol. The number of hydrogen-bond acceptors (Lipinski definition) is 0. The lowest BCUT2D eigenvalue weighted by Crippen LogP contribution is -1.87. The van der Waals surface area contributed by atoms with Gasteiger partial charge in [-0.15, -0.1) is 0 Å². The molecule has 0 aliphatic rings. The zero-order chi connectivity index (χ0) is 14.6. The second-order valence-electron chi connectivity index (χ2n) is 5.71. The number of halogens is 2. The van der Waals surface area contributed by atoms with Crippen LogP contribution >= 0.6 is 31.9 Å². The van der Waals surface area contributed by atoms with Crippen LogP contribution in [0.4, 0.5) is 0 Å². The van der Waals surface area contributed by atoms with Crippen molar-refractivity contribution in [2.45, 2.75) is 77.6 Å². The van der Waals surface area contributed by atoms with Gasteiger partial charge in [-0.1, -0.05) is 96.6 Å². The van der Waals surface area contributed by atoms with Crippen LogP contribution in [0.15, 0.2) is 27.1 Å². The topological polar surface area (TPSA) is 0 Å². The van der Waals surface area contributed by atoms with E-state index in [1.165, 1.54) is 85.1 Å². The van der Waals surface area contributed by atoms with Crippen molar-refractivity contribution >= 4 is 31.9 Å². The Kier molecular flexibility index (Phi) is 10.8. The maximum atomic E-state index is 3.55. The summed E-state index contributed by atoms with van der Waals surface area (Å²) in [6, 6.07) is 6.57. The molecule has 0 unspecified atom stereocenters. The highest BCUT2D eigenvalue weighted by atomic mass is 79.9. The van der Waals surface area contributed by atoms with Crippen LogP contribution in [0.5, 0.6) is 0 Å². The molecule has 0 heterocycles. The maximum absolute atomic E-state index is 3.55. The Hall–Kier alpha value is 0.180. The molecule has 114 valence electrons. The van der Waals surface area contributed by atoms with E-state index in [1.807, 2.05) is 0 Å². The van der Waals surface area contributed by atoms with Gasteiger partial charge < -0.3 is 0 Å². The second-order valence-corrected chi connectivity index (χ2v) is 7.54. The molecule has 0 aliphatic carbocycles. The molecule has 0 spiro atoms. The lowest BCUT2D eigenvalue weighted by Gasteiger charge is -2.04. The second kappa shape index (κ2) is 11.8. The van der Waals surface area contributed by atoms with Crippen molar-refractivity contribution in [3.8, 4) is 0 Å². The molecule has 1 aromatic carbocycles. The zero-order valence-corrected chi connectivity index (χ0v) is 15.9. The molecule has 0 nitrogen and oxygen atoms in total. The van der Waals surface area contributed by atoms with Gasteiger partial charge >= 0.3 is 0 Å². The van der Waals surface area contributed by atoms with E-state index in [-0.39, 0.29) is 0 Å². The first-order chi connectivity index (χ1) is 9.72. The quantitative estimate of drug-likeness (QED) is 0.332. The van der Waals surface area contributed by atoms with Gasteiger partial charge in [0.25, 0.3) is 0 Å². The Morgan fingerprint density at radius 1 is 0.650 bits per heavy atom. The van der Waals surface area contributed by atoms with Gasteiger partial charge in [-0.2, -0.15) is 0 Å². The van der Waals surface area contributed by atoms with Crippen LogP contribution in [0, 0.1) is 0 Å². The first-order valence-electron chi connectivity index (χ1n) is 8.17. The molecular weight excluding hydrogens is 376 g/mol. The maximum Gasteiger partial charge on any atom is 0.0189 e. The van der Waals surface area contributed by atoms with E-state index in [9.17, 15) is 0 Å². The number of hydrogen-bond donors (Lipinski definition) is 0. The van der Waals surface area contributed by atoms with Gasteiger partial charge in [0.05, 0.1) is 0 Å². The van der Waals surface area contributed by atoms with E-state index >= 15 is 0 Å². The van der Waals surface area contributed by atoms with Crippen LogP contribution in [0.25, 0.3) is 0 Å². The average Bonchev–Trinajstić information content (AvgIpc) is 2.40. The third-order valence-corrected chi connectivity index (χ3v) is 4.66. The zero-order valence-electron chi connectivity index (χ0n) is 12.8. The molecule has 0 fully saturated rings. The Balaban J connectivity index is 1.97. The van der Waals surface area contributed by atoms with E-state index in [4.69, 9.17) is 0 Å². The van der Waals surface area contributed by atoms with Crippen LogP contribution in [0.2, 0.25) is 0 Å². The highest BCUT2D eigenvalue weighted by Crippen LogP contribution is 2.21. The molecule has 0 radical (unpaired) electrons. The van der Waals surface area contributed by atoms with Crippen LogP contribution in [0.1, 0.15) is 76.7 Å². The van der Waals surface area contributed by atoms with Crippen molar-refractivity contribution < 1.29 is 0 Å². The van der Waals surface area contributed by atoms with Gasteiger partial charge in [0.2, 0.25) is 0 Å². The molecule has 2 heteroatoms. The van der Waals surface area contributed by atoms with Gasteiger partial charge in [0.1, 0.15) is 0 Å². The van der Waals surface area contributed by atoms with Crippen molar-refractivity contribution in [3.63, 3.8) is 0 Å². The number of benzene rings is 1. The van der Waals surface area contributed by atoms with E-state index in [2.05, 4.69) is 57.0 Å². The van der Waals surface area contributed by atoms with Crippen LogP contribution in [-0.4, -0.2) is 0 Å². The summed E-state index contributed by atoms with van der Waals surface area (Å²) in [6.07, 6.45) is 15.3. The molecule has 0 bridgehead atoms. The van der Waals surface area contributed by atoms with Crippen LogP contribution in [-0.2, 0) is 6.42 Å². The van der Waals surface area contributed by atoms with Gasteiger partial charge in [-0.25, -0.2) is 0 Å². The van der Waals surface area contributed by atoms with E-state index in [0.29, 0.717) is 0 Å². The minimum Gasteiger partial charge on any atom is -0.0654 e. The van der Waals surface area contributed by atoms with Crippen LogP contribution in [0.3, 0.4) is 0 Å². The summed E-state index contributed by atoms with van der Waals surface area (Å²) in [7, 11) is 0. The van der Waals surface area contributed by atoms with Crippen molar-refractivity contribution in [2.24, 2.45) is 0 Å². The Bertz CT molecular complexity index is 340. The Morgan fingerprint density at radius 3 is 1.60 bits per heavy atom. The Labute approximate surface area is 142 Å². The smallest absolute Gasteiger partial charge is 0.0189 e. The lowest BCUT2D eigenvalue weighted by atomic mass is 10.0. The molecule has 0 N–H and O–H groups in total. The highest BCUT2D eigenvalue weighted by molar-refractivity contribution is 9.11. The minimum atomic E-state index is 1.17. The first-order valence-corrected chi connectivity index (χ1v) is 9.76. The molecule has 0 aliphatic heterocycles. The largest absolute Gasteiger partial charge is 0.0654 e. The van der Waals surface area contributed by atoms with E-state index in [0.717, 1.165) is 0 Å². The van der Waals surface area contributed by atoms with Gasteiger partial charge in [-0.05, 0) is 36.6 Å². The Morgan fingerprint density at radius 2 is 1.10 bits per heavy atom. The van der Waals surface area contributed by atoms with Gasteiger partial charge in [-0.3, -0.25) is 0 Å². The normalized spacial score (nSPS) is 10.9. The fraction of sp³-hybridized carbons (Fsp3) is 0.667. The minimum absolute atomic E-state index is 1.17. The summed E-state index contributed by atoms with van der Waals surface area (Å²) in [4.78, 5) is 0. The third-order valence-electron chi connectivity index (χ3n) is 3.74. The summed E-state index contributed by atoms with van der Waals surface area (Å²) >= 11 is 7.10. The SMILES string of the molecule is CCCCCCCCCCCCc1cc(Br)cc(Br)c1. The molecule has 0 atom stereocenters. The number of unbranched alkanes of at least 4 members (excludes halogenated alkanes) is 9. The average molecular weight is 404 g/mol. The molecular formula is C18H28Br2. The molecule has 0 saturated heterocycles. The molecule has 20 heavy (non-hydrogen) atoms. The predicted octanol–water partition coefficient (Wildman–Crippen LogP) is 7.68. The molecule has 1 rings (SSSR count). The fourth-order valence-corrected chi connectivity index (χ4v) is 3.96. The summed E-state index contributed by atoms with van der Waals surface area (Å²) in [5.74, 6) is 0. The fourth-order valence-electron chi connectivity index (χ4n) is 2.57. The van der Waals surface area contributed by atoms with Gasteiger partial charge in [0, 0.05) is 8.95 Å².